The van der Waals surface area contributed by atoms with E-state index in [9.17, 15) is 8.42 Å². The van der Waals surface area contributed by atoms with Crippen LogP contribution in [0, 0.1) is 0 Å². The summed E-state index contributed by atoms with van der Waals surface area (Å²) in [6.07, 6.45) is 1.65. The van der Waals surface area contributed by atoms with Crippen molar-refractivity contribution in [3.05, 3.63) is 28.2 Å². The van der Waals surface area contributed by atoms with Crippen molar-refractivity contribution < 1.29 is 13.2 Å². The molecule has 1 aliphatic rings. The Bertz CT molecular complexity index is 584. The van der Waals surface area contributed by atoms with Crippen LogP contribution in [0.4, 0.5) is 0 Å². The lowest BCUT2D eigenvalue weighted by Gasteiger charge is -2.30. The van der Waals surface area contributed by atoms with Gasteiger partial charge in [0.15, 0.2) is 0 Å². The van der Waals surface area contributed by atoms with Crippen LogP contribution in [0.1, 0.15) is 18.4 Å². The molecule has 1 N–H and O–H groups in total. The van der Waals surface area contributed by atoms with Gasteiger partial charge in [-0.3, -0.25) is 0 Å². The first-order chi connectivity index (χ1) is 9.98. The van der Waals surface area contributed by atoms with Crippen molar-refractivity contribution in [1.29, 1.82) is 0 Å². The molecule has 1 aliphatic heterocycles. The molecular formula is C14H21BrN2O3S. The Hall–Kier alpha value is -0.470. The van der Waals surface area contributed by atoms with Gasteiger partial charge in [-0.15, -0.1) is 0 Å². The molecule has 0 unspecified atom stereocenters. The zero-order valence-electron chi connectivity index (χ0n) is 12.3. The molecule has 7 heteroatoms. The van der Waals surface area contributed by atoms with Crippen molar-refractivity contribution in [2.45, 2.75) is 30.4 Å². The average Bonchev–Trinajstić information content (AvgIpc) is 2.47. The minimum absolute atomic E-state index is 0.165. The fourth-order valence-electron chi connectivity index (χ4n) is 2.51. The Labute approximate surface area is 134 Å². The molecule has 1 fully saturated rings. The van der Waals surface area contributed by atoms with Gasteiger partial charge in [-0.25, -0.2) is 8.42 Å². The monoisotopic (exact) mass is 376 g/mol. The van der Waals surface area contributed by atoms with E-state index < -0.39 is 10.0 Å². The summed E-state index contributed by atoms with van der Waals surface area (Å²) in [6, 6.07) is 5.37. The van der Waals surface area contributed by atoms with Gasteiger partial charge in [0.05, 0.1) is 11.0 Å². The number of hydrogen-bond acceptors (Lipinski definition) is 4. The van der Waals surface area contributed by atoms with Crippen LogP contribution < -0.4 is 5.32 Å². The fourth-order valence-corrected chi connectivity index (χ4v) is 5.07. The van der Waals surface area contributed by atoms with Crippen LogP contribution in [0.5, 0.6) is 0 Å². The second-order valence-corrected chi connectivity index (χ2v) is 7.89. The highest BCUT2D eigenvalue weighted by Gasteiger charge is 2.30. The number of hydrogen-bond donors (Lipinski definition) is 1. The predicted octanol–water partition coefficient (Wildman–Crippen LogP) is 1.97. The SMILES string of the molecule is CNCc1ccc(S(=O)(=O)N2CCC(OC)CC2)c(Br)c1. The Balaban J connectivity index is 2.20. The summed E-state index contributed by atoms with van der Waals surface area (Å²) >= 11 is 3.39. The quantitative estimate of drug-likeness (QED) is 0.853. The van der Waals surface area contributed by atoms with Crippen LogP contribution >= 0.6 is 15.9 Å². The van der Waals surface area contributed by atoms with E-state index in [4.69, 9.17) is 4.74 Å². The van der Waals surface area contributed by atoms with Gasteiger partial charge in [0.25, 0.3) is 0 Å². The smallest absolute Gasteiger partial charge is 0.244 e. The lowest BCUT2D eigenvalue weighted by atomic mass is 10.1. The highest BCUT2D eigenvalue weighted by Crippen LogP contribution is 2.28. The second-order valence-electron chi connectivity index (χ2n) is 5.13. The summed E-state index contributed by atoms with van der Waals surface area (Å²) < 4.78 is 32.9. The van der Waals surface area contributed by atoms with Gasteiger partial charge in [0.2, 0.25) is 10.0 Å². The molecule has 21 heavy (non-hydrogen) atoms. The minimum atomic E-state index is -3.45. The van der Waals surface area contributed by atoms with Gasteiger partial charge < -0.3 is 10.1 Å². The van der Waals surface area contributed by atoms with Crippen molar-refractivity contribution in [3.63, 3.8) is 0 Å². The van der Waals surface area contributed by atoms with Gasteiger partial charge in [0, 0.05) is 31.2 Å². The van der Waals surface area contributed by atoms with E-state index >= 15 is 0 Å². The summed E-state index contributed by atoms with van der Waals surface area (Å²) in [5.41, 5.74) is 1.04. The molecule has 5 nitrogen and oxygen atoms in total. The van der Waals surface area contributed by atoms with E-state index in [1.54, 1.807) is 17.5 Å². The Kier molecular flexibility index (Phi) is 5.79. The molecular weight excluding hydrogens is 356 g/mol. The largest absolute Gasteiger partial charge is 0.381 e. The van der Waals surface area contributed by atoms with Gasteiger partial charge >= 0.3 is 0 Å². The molecule has 0 bridgehead atoms. The van der Waals surface area contributed by atoms with Crippen LogP contribution in [-0.2, 0) is 21.3 Å². The molecule has 0 aromatic heterocycles. The molecule has 1 aromatic rings. The van der Waals surface area contributed by atoms with Crippen molar-refractivity contribution >= 4 is 26.0 Å². The first-order valence-corrected chi connectivity index (χ1v) is 9.18. The lowest BCUT2D eigenvalue weighted by molar-refractivity contribution is 0.0604. The average molecular weight is 377 g/mol. The molecule has 0 amide bonds. The third kappa shape index (κ3) is 3.84. The Morgan fingerprint density at radius 2 is 2.05 bits per heavy atom. The molecule has 1 aromatic carbocycles. The first kappa shape index (κ1) is 16.9. The van der Waals surface area contributed by atoms with E-state index in [0.29, 0.717) is 29.0 Å². The number of piperidine rings is 1. The van der Waals surface area contributed by atoms with Gasteiger partial charge in [-0.2, -0.15) is 4.31 Å². The number of rotatable bonds is 5. The Morgan fingerprint density at radius 3 is 2.57 bits per heavy atom. The van der Waals surface area contributed by atoms with Crippen LogP contribution in [0.15, 0.2) is 27.6 Å². The van der Waals surface area contributed by atoms with Gasteiger partial charge in [-0.05, 0) is 53.5 Å². The molecule has 118 valence electrons. The second kappa shape index (κ2) is 7.19. The van der Waals surface area contributed by atoms with E-state index in [2.05, 4.69) is 21.2 Å². The van der Waals surface area contributed by atoms with Crippen LogP contribution in [0.2, 0.25) is 0 Å². The van der Waals surface area contributed by atoms with Crippen LogP contribution in [0.3, 0.4) is 0 Å². The van der Waals surface area contributed by atoms with Crippen molar-refractivity contribution in [2.75, 3.05) is 27.2 Å². The van der Waals surface area contributed by atoms with Crippen LogP contribution in [-0.4, -0.2) is 46.1 Å². The van der Waals surface area contributed by atoms with Crippen molar-refractivity contribution in [3.8, 4) is 0 Å². The normalized spacial score (nSPS) is 18.0. The third-order valence-electron chi connectivity index (χ3n) is 3.73. The number of ether oxygens (including phenoxy) is 1. The molecule has 1 heterocycles. The summed E-state index contributed by atoms with van der Waals surface area (Å²) in [4.78, 5) is 0.332. The highest BCUT2D eigenvalue weighted by molar-refractivity contribution is 9.10. The highest BCUT2D eigenvalue weighted by atomic mass is 79.9. The molecule has 0 aliphatic carbocycles. The van der Waals surface area contributed by atoms with Crippen molar-refractivity contribution in [1.82, 2.24) is 9.62 Å². The van der Waals surface area contributed by atoms with E-state index in [0.717, 1.165) is 18.4 Å². The first-order valence-electron chi connectivity index (χ1n) is 6.95. The van der Waals surface area contributed by atoms with E-state index in [-0.39, 0.29) is 6.10 Å². The maximum Gasteiger partial charge on any atom is 0.244 e. The molecule has 0 saturated carbocycles. The van der Waals surface area contributed by atoms with Gasteiger partial charge in [-0.1, -0.05) is 6.07 Å². The van der Waals surface area contributed by atoms with Crippen molar-refractivity contribution in [2.24, 2.45) is 0 Å². The minimum Gasteiger partial charge on any atom is -0.381 e. The standard InChI is InChI=1S/C14H21BrN2O3S/c1-16-10-11-3-4-14(13(15)9-11)21(18,19)17-7-5-12(20-2)6-8-17/h3-4,9,12,16H,5-8,10H2,1-2H3. The molecule has 1 saturated heterocycles. The summed E-state index contributed by atoms with van der Waals surface area (Å²) in [5, 5.41) is 3.05. The predicted molar refractivity (Wildman–Crippen MR) is 85.7 cm³/mol. The summed E-state index contributed by atoms with van der Waals surface area (Å²) in [6.45, 7) is 1.72. The summed E-state index contributed by atoms with van der Waals surface area (Å²) in [7, 11) is 0.0866. The maximum absolute atomic E-state index is 12.7. The molecule has 0 radical (unpaired) electrons. The van der Waals surface area contributed by atoms with Crippen LogP contribution in [0.25, 0.3) is 0 Å². The van der Waals surface area contributed by atoms with E-state index in [1.807, 2.05) is 19.2 Å². The topological polar surface area (TPSA) is 58.6 Å². The summed E-state index contributed by atoms with van der Waals surface area (Å²) in [5.74, 6) is 0. The number of benzene rings is 1. The molecule has 2 rings (SSSR count). The number of nitrogens with zero attached hydrogens (tertiary/aromatic N) is 1. The fraction of sp³-hybridized carbons (Fsp3) is 0.571. The number of methoxy groups -OCH3 is 1. The van der Waals surface area contributed by atoms with Gasteiger partial charge in [0.1, 0.15) is 0 Å². The zero-order valence-corrected chi connectivity index (χ0v) is 14.7. The maximum atomic E-state index is 12.7. The molecule has 0 atom stereocenters. The number of sulfonamides is 1. The van der Waals surface area contributed by atoms with E-state index in [1.165, 1.54) is 0 Å². The lowest BCUT2D eigenvalue weighted by Crippen LogP contribution is -2.40. The Morgan fingerprint density at radius 1 is 1.38 bits per heavy atom. The number of nitrogens with one attached hydrogen (secondary N) is 1. The third-order valence-corrected chi connectivity index (χ3v) is 6.60. The zero-order chi connectivity index (χ0) is 15.5. The number of halogens is 1. The molecule has 0 spiro atoms.